The number of hydrogen-bond acceptors (Lipinski definition) is 6. The molecule has 0 N–H and O–H groups in total. The van der Waals surface area contributed by atoms with Gasteiger partial charge in [0.05, 0.1) is 5.39 Å². The topological polar surface area (TPSA) is 67.1 Å². The van der Waals surface area contributed by atoms with Gasteiger partial charge in [-0.2, -0.15) is 0 Å². The number of hydrogen-bond donors (Lipinski definition) is 0. The molecule has 202 valence electrons. The normalized spacial score (nSPS) is 13.0. The maximum absolute atomic E-state index is 13.7. The van der Waals surface area contributed by atoms with Crippen molar-refractivity contribution in [3.63, 3.8) is 0 Å². The zero-order valence-corrected chi connectivity index (χ0v) is 28.4. The molecule has 0 amide bonds. The van der Waals surface area contributed by atoms with Crippen LogP contribution in [0.2, 0.25) is 78.6 Å². The Labute approximate surface area is 225 Å². The highest BCUT2D eigenvalue weighted by Gasteiger charge is 2.28. The molecule has 10 heteroatoms. The molecule has 0 aliphatic rings. The average Bonchev–Trinajstić information content (AvgIpc) is 2.67. The average molecular weight is 575 g/mol. The van der Waals surface area contributed by atoms with Crippen LogP contribution in [0.25, 0.3) is 22.3 Å². The van der Waals surface area contributed by atoms with Crippen molar-refractivity contribution in [1.82, 2.24) is 0 Å². The second-order valence-electron chi connectivity index (χ2n) is 13.3. The Hall–Kier alpha value is -2.28. The molecule has 3 rings (SSSR count). The van der Waals surface area contributed by atoms with Crippen molar-refractivity contribution in [2.45, 2.75) is 78.6 Å². The van der Waals surface area contributed by atoms with Crippen molar-refractivity contribution in [2.75, 3.05) is 0 Å². The van der Waals surface area contributed by atoms with E-state index in [1.54, 1.807) is 12.1 Å². The zero-order valence-electron chi connectivity index (χ0n) is 24.4. The third kappa shape index (κ3) is 8.35. The van der Waals surface area contributed by atoms with Crippen molar-refractivity contribution in [2.24, 2.45) is 0 Å². The molecule has 1 heterocycles. The molecule has 0 spiro atoms. The molecule has 6 nitrogen and oxygen atoms in total. The standard InChI is InChI=1S/C27H42O6Si4/c1-34(2,3)30-20-14-15-21-23(18-20)29-26(27(25(21)28)33-37(10,11)12)19-13-16-22(31-35(4,5)6)24(17-19)32-36(7,8)9/h13-18H,1-12H3. The summed E-state index contributed by atoms with van der Waals surface area (Å²) in [6, 6.07) is 11.1. The van der Waals surface area contributed by atoms with E-state index >= 15 is 0 Å². The monoisotopic (exact) mass is 574 g/mol. The predicted molar refractivity (Wildman–Crippen MR) is 164 cm³/mol. The molecular weight excluding hydrogens is 533 g/mol. The Morgan fingerprint density at radius 1 is 0.595 bits per heavy atom. The van der Waals surface area contributed by atoms with Gasteiger partial charge in [-0.25, -0.2) is 0 Å². The molecule has 2 aromatic carbocycles. The first-order valence-electron chi connectivity index (χ1n) is 12.7. The van der Waals surface area contributed by atoms with E-state index in [-0.39, 0.29) is 11.2 Å². The van der Waals surface area contributed by atoms with Crippen LogP contribution in [-0.2, 0) is 0 Å². The Kier molecular flexibility index (Phi) is 8.01. The van der Waals surface area contributed by atoms with Crippen LogP contribution in [0, 0.1) is 0 Å². The summed E-state index contributed by atoms with van der Waals surface area (Å²) in [6.45, 7) is 25.3. The van der Waals surface area contributed by atoms with E-state index < -0.39 is 33.3 Å². The molecular formula is C27H42O6Si4. The minimum absolute atomic E-state index is 0.187. The third-order valence-electron chi connectivity index (χ3n) is 4.69. The van der Waals surface area contributed by atoms with Crippen LogP contribution in [0.1, 0.15) is 0 Å². The second-order valence-corrected chi connectivity index (χ2v) is 31.0. The van der Waals surface area contributed by atoms with Crippen molar-refractivity contribution < 1.29 is 22.1 Å². The quantitative estimate of drug-likeness (QED) is 0.239. The van der Waals surface area contributed by atoms with E-state index in [0.29, 0.717) is 39.5 Å². The first-order chi connectivity index (χ1) is 16.7. The van der Waals surface area contributed by atoms with Crippen LogP contribution >= 0.6 is 0 Å². The fraction of sp³-hybridized carbons (Fsp3) is 0.444. The largest absolute Gasteiger partial charge is 0.544 e. The predicted octanol–water partition coefficient (Wildman–Crippen LogP) is 8.31. The van der Waals surface area contributed by atoms with Gasteiger partial charge in [0.2, 0.25) is 38.7 Å². The molecule has 0 aliphatic heterocycles. The summed E-state index contributed by atoms with van der Waals surface area (Å²) >= 11 is 0. The molecule has 0 saturated heterocycles. The molecule has 0 bridgehead atoms. The van der Waals surface area contributed by atoms with Crippen LogP contribution in [0.15, 0.2) is 45.6 Å². The Morgan fingerprint density at radius 3 is 1.68 bits per heavy atom. The molecule has 0 fully saturated rings. The summed E-state index contributed by atoms with van der Waals surface area (Å²) in [5.74, 6) is 2.71. The first kappa shape index (κ1) is 29.3. The van der Waals surface area contributed by atoms with Gasteiger partial charge in [0, 0.05) is 11.6 Å². The fourth-order valence-electron chi connectivity index (χ4n) is 3.64. The van der Waals surface area contributed by atoms with Gasteiger partial charge in [-0.05, 0) is 109 Å². The van der Waals surface area contributed by atoms with Gasteiger partial charge >= 0.3 is 0 Å². The van der Waals surface area contributed by atoms with Crippen LogP contribution in [0.4, 0.5) is 0 Å². The summed E-state index contributed by atoms with van der Waals surface area (Å²) in [4.78, 5) is 13.7. The van der Waals surface area contributed by atoms with E-state index in [1.807, 2.05) is 24.3 Å². The Balaban J connectivity index is 2.28. The van der Waals surface area contributed by atoms with E-state index in [2.05, 4.69) is 78.6 Å². The van der Waals surface area contributed by atoms with Gasteiger partial charge in [-0.1, -0.05) is 0 Å². The molecule has 0 radical (unpaired) electrons. The Morgan fingerprint density at radius 2 is 1.14 bits per heavy atom. The lowest BCUT2D eigenvalue weighted by Crippen LogP contribution is -2.32. The molecule has 37 heavy (non-hydrogen) atoms. The molecule has 0 saturated carbocycles. The summed E-state index contributed by atoms with van der Waals surface area (Å²) in [5, 5.41) is 0.470. The highest BCUT2D eigenvalue weighted by Crippen LogP contribution is 2.40. The zero-order chi connectivity index (χ0) is 28.0. The summed E-state index contributed by atoms with van der Waals surface area (Å²) in [7, 11) is -7.82. The van der Waals surface area contributed by atoms with Crippen LogP contribution in [0.3, 0.4) is 0 Å². The van der Waals surface area contributed by atoms with Crippen LogP contribution in [-0.4, -0.2) is 33.3 Å². The van der Waals surface area contributed by atoms with Gasteiger partial charge in [0.15, 0.2) is 11.5 Å². The highest BCUT2D eigenvalue weighted by molar-refractivity contribution is 6.71. The van der Waals surface area contributed by atoms with Crippen LogP contribution in [0.5, 0.6) is 23.0 Å². The van der Waals surface area contributed by atoms with E-state index in [1.165, 1.54) is 0 Å². The molecule has 3 aromatic rings. The lowest BCUT2D eigenvalue weighted by Gasteiger charge is -2.26. The molecule has 0 unspecified atom stereocenters. The molecule has 1 aromatic heterocycles. The van der Waals surface area contributed by atoms with E-state index in [4.69, 9.17) is 22.1 Å². The summed E-state index contributed by atoms with van der Waals surface area (Å²) in [6.07, 6.45) is 0. The van der Waals surface area contributed by atoms with Gasteiger partial charge in [0.1, 0.15) is 22.8 Å². The number of rotatable bonds is 9. The van der Waals surface area contributed by atoms with Gasteiger partial charge in [-0.3, -0.25) is 4.79 Å². The summed E-state index contributed by atoms with van der Waals surface area (Å²) in [5.41, 5.74) is 0.988. The Bertz CT molecular complexity index is 1340. The van der Waals surface area contributed by atoms with Crippen molar-refractivity contribution >= 4 is 44.2 Å². The maximum atomic E-state index is 13.7. The second kappa shape index (κ2) is 10.1. The fourth-order valence-corrected chi connectivity index (χ4v) is 6.91. The smallest absolute Gasteiger partial charge is 0.242 e. The minimum Gasteiger partial charge on any atom is -0.544 e. The van der Waals surface area contributed by atoms with Crippen molar-refractivity contribution in [3.05, 3.63) is 46.6 Å². The van der Waals surface area contributed by atoms with E-state index in [0.717, 1.165) is 0 Å². The van der Waals surface area contributed by atoms with Crippen molar-refractivity contribution in [1.29, 1.82) is 0 Å². The van der Waals surface area contributed by atoms with Gasteiger partial charge in [-0.15, -0.1) is 0 Å². The van der Waals surface area contributed by atoms with Gasteiger partial charge in [0.25, 0.3) is 0 Å². The molecule has 0 aliphatic carbocycles. The third-order valence-corrected chi connectivity index (χ3v) is 8.02. The lowest BCUT2D eigenvalue weighted by atomic mass is 10.1. The van der Waals surface area contributed by atoms with Gasteiger partial charge < -0.3 is 22.1 Å². The lowest BCUT2D eigenvalue weighted by molar-refractivity contribution is 0.488. The molecule has 0 atom stereocenters. The maximum Gasteiger partial charge on any atom is 0.242 e. The van der Waals surface area contributed by atoms with Crippen LogP contribution < -0.4 is 23.1 Å². The summed E-state index contributed by atoms with van der Waals surface area (Å²) < 4.78 is 31.7. The number of fused-ring (bicyclic) bond motifs is 1. The SMILES string of the molecule is C[Si](C)(C)Oc1ccc2c(=O)c(O[Si](C)(C)C)c(-c3ccc(O[Si](C)(C)C)c(O[Si](C)(C)C)c3)oc2c1. The highest BCUT2D eigenvalue weighted by atomic mass is 28.4. The minimum atomic E-state index is -2.14. The first-order valence-corrected chi connectivity index (χ1v) is 26.4. The number of benzene rings is 2. The van der Waals surface area contributed by atoms with E-state index in [9.17, 15) is 4.79 Å². The van der Waals surface area contributed by atoms with Crippen molar-refractivity contribution in [3.8, 4) is 34.3 Å².